The van der Waals surface area contributed by atoms with E-state index in [2.05, 4.69) is 145 Å². The number of benzene rings is 3. The Hall–Kier alpha value is -2.94. The molecular weight excluding hydrogens is 436 g/mol. The van der Waals surface area contributed by atoms with Gasteiger partial charge in [-0.25, -0.2) is 0 Å². The highest BCUT2D eigenvalue weighted by atomic mass is 15.6. The van der Waals surface area contributed by atoms with Crippen LogP contribution in [0.2, 0.25) is 0 Å². The van der Waals surface area contributed by atoms with Crippen molar-refractivity contribution < 1.29 is 8.97 Å². The van der Waals surface area contributed by atoms with Gasteiger partial charge < -0.3 is 0 Å². The zero-order valence-electron chi connectivity index (χ0n) is 23.1. The number of hydrogen-bond donors (Lipinski definition) is 0. The first-order valence-electron chi connectivity index (χ1n) is 13.6. The van der Waals surface area contributed by atoms with Gasteiger partial charge in [0.1, 0.15) is 12.1 Å². The minimum absolute atomic E-state index is 0.171. The molecule has 0 N–H and O–H groups in total. The van der Waals surface area contributed by atoms with Crippen molar-refractivity contribution >= 4 is 0 Å². The van der Waals surface area contributed by atoms with Gasteiger partial charge in [-0.15, -0.1) is 0 Å². The zero-order chi connectivity index (χ0) is 26.2. The predicted octanol–water partition coefficient (Wildman–Crippen LogP) is 8.56. The van der Waals surface area contributed by atoms with Crippen LogP contribution in [0.1, 0.15) is 68.2 Å². The predicted molar refractivity (Wildman–Crippen MR) is 155 cm³/mol. The maximum Gasteiger partial charge on any atom is 0.244 e. The first-order chi connectivity index (χ1) is 17.5. The van der Waals surface area contributed by atoms with E-state index in [4.69, 9.17) is 0 Å². The van der Waals surface area contributed by atoms with Gasteiger partial charge in [0.15, 0.2) is 0 Å². The summed E-state index contributed by atoms with van der Waals surface area (Å²) < 4.78 is 1.80. The molecule has 3 aromatic carbocycles. The van der Waals surface area contributed by atoms with Crippen LogP contribution < -0.4 is 0 Å². The summed E-state index contributed by atoms with van der Waals surface area (Å²) in [6.07, 6.45) is 4.58. The summed E-state index contributed by atoms with van der Waals surface area (Å²) in [5.41, 5.74) is 5.34. The zero-order valence-corrected chi connectivity index (χ0v) is 23.1. The minimum atomic E-state index is 0.171. The fraction of sp³-hybridized carbons (Fsp3) is 0.353. The standard InChI is InChI=1S/C34H46N2/c1-8-32(29-20-16-14-17-21-29)35(10-3,11-4)34(31-26-24-28(7)25-27-31)36(12-5,13-6)33(9-2)30-22-18-15-19-23-30/h8-9,14-27,32-34H,1-2,10-13H2,3-7H3/q+2. The fourth-order valence-corrected chi connectivity index (χ4v) is 6.61. The second kappa shape index (κ2) is 12.3. The topological polar surface area (TPSA) is 0 Å². The van der Waals surface area contributed by atoms with Gasteiger partial charge in [0, 0.05) is 11.1 Å². The molecule has 0 aromatic heterocycles. The molecule has 0 bridgehead atoms. The van der Waals surface area contributed by atoms with E-state index in [-0.39, 0.29) is 18.2 Å². The Kier molecular flexibility index (Phi) is 9.48. The summed E-state index contributed by atoms with van der Waals surface area (Å²) in [6.45, 7) is 24.4. The highest BCUT2D eigenvalue weighted by Crippen LogP contribution is 2.49. The molecule has 0 fully saturated rings. The lowest BCUT2D eigenvalue weighted by Gasteiger charge is -2.57. The van der Waals surface area contributed by atoms with E-state index in [0.717, 1.165) is 35.1 Å². The van der Waals surface area contributed by atoms with Crippen LogP contribution in [-0.2, 0) is 0 Å². The van der Waals surface area contributed by atoms with Crippen LogP contribution in [0.4, 0.5) is 0 Å². The lowest BCUT2D eigenvalue weighted by atomic mass is 9.92. The molecule has 0 heterocycles. The Bertz CT molecular complexity index is 1010. The summed E-state index contributed by atoms with van der Waals surface area (Å²) in [6, 6.07) is 31.6. The third-order valence-corrected chi connectivity index (χ3v) is 8.54. The summed E-state index contributed by atoms with van der Waals surface area (Å²) in [7, 11) is 0. The van der Waals surface area contributed by atoms with E-state index in [1.54, 1.807) is 0 Å². The Balaban J connectivity index is 2.39. The van der Waals surface area contributed by atoms with Crippen LogP contribution in [0.3, 0.4) is 0 Å². The molecule has 2 unspecified atom stereocenters. The van der Waals surface area contributed by atoms with E-state index in [1.807, 2.05) is 0 Å². The second-order valence-corrected chi connectivity index (χ2v) is 9.94. The van der Waals surface area contributed by atoms with Crippen molar-refractivity contribution in [3.63, 3.8) is 0 Å². The molecule has 2 atom stereocenters. The molecule has 3 rings (SSSR count). The second-order valence-electron chi connectivity index (χ2n) is 9.94. The molecule has 0 amide bonds. The van der Waals surface area contributed by atoms with Crippen LogP contribution in [0.5, 0.6) is 0 Å². The van der Waals surface area contributed by atoms with Crippen LogP contribution in [-0.4, -0.2) is 35.1 Å². The highest BCUT2D eigenvalue weighted by molar-refractivity contribution is 5.26. The molecule has 2 nitrogen and oxygen atoms in total. The van der Waals surface area contributed by atoms with Crippen molar-refractivity contribution in [2.24, 2.45) is 0 Å². The van der Waals surface area contributed by atoms with Crippen molar-refractivity contribution in [3.8, 4) is 0 Å². The van der Waals surface area contributed by atoms with Crippen molar-refractivity contribution in [1.82, 2.24) is 0 Å². The quantitative estimate of drug-likeness (QED) is 0.130. The fourth-order valence-electron chi connectivity index (χ4n) is 6.61. The van der Waals surface area contributed by atoms with Gasteiger partial charge in [-0.05, 0) is 58.9 Å². The van der Waals surface area contributed by atoms with Crippen molar-refractivity contribution in [2.75, 3.05) is 26.2 Å². The first-order valence-corrected chi connectivity index (χ1v) is 13.6. The molecule has 0 saturated heterocycles. The number of nitrogens with zero attached hydrogens (tertiary/aromatic N) is 2. The minimum Gasteiger partial charge on any atom is -0.262 e. The first kappa shape index (κ1) is 27.6. The van der Waals surface area contributed by atoms with Crippen molar-refractivity contribution in [3.05, 3.63) is 132 Å². The molecule has 0 radical (unpaired) electrons. The van der Waals surface area contributed by atoms with E-state index < -0.39 is 0 Å². The SMILES string of the molecule is C=CC(c1ccccc1)[N+](CC)(CC)C(c1ccc(C)cc1)[N+](CC)(CC)C(C=C)c1ccccc1. The molecule has 190 valence electrons. The smallest absolute Gasteiger partial charge is 0.244 e. The summed E-state index contributed by atoms with van der Waals surface area (Å²) in [5, 5.41) is 0. The Morgan fingerprint density at radius 2 is 0.917 bits per heavy atom. The molecule has 36 heavy (non-hydrogen) atoms. The summed E-state index contributed by atoms with van der Waals surface area (Å²) in [4.78, 5) is 0. The van der Waals surface area contributed by atoms with Gasteiger partial charge in [0.05, 0.1) is 31.7 Å². The number of rotatable bonds is 13. The monoisotopic (exact) mass is 482 g/mol. The van der Waals surface area contributed by atoms with Gasteiger partial charge in [0.2, 0.25) is 6.17 Å². The average Bonchev–Trinajstić information content (AvgIpc) is 2.94. The third kappa shape index (κ3) is 4.98. The van der Waals surface area contributed by atoms with Gasteiger partial charge in [0.25, 0.3) is 0 Å². The maximum atomic E-state index is 4.40. The highest BCUT2D eigenvalue weighted by Gasteiger charge is 2.55. The number of hydrogen-bond acceptors (Lipinski definition) is 0. The van der Waals surface area contributed by atoms with E-state index >= 15 is 0 Å². The van der Waals surface area contributed by atoms with Crippen molar-refractivity contribution in [2.45, 2.75) is 52.9 Å². The molecule has 3 aromatic rings. The summed E-state index contributed by atoms with van der Waals surface area (Å²) >= 11 is 0. The lowest BCUT2D eigenvalue weighted by Crippen LogP contribution is -2.66. The third-order valence-electron chi connectivity index (χ3n) is 8.54. The molecule has 0 aliphatic heterocycles. The van der Waals surface area contributed by atoms with Crippen LogP contribution in [0.25, 0.3) is 0 Å². The van der Waals surface area contributed by atoms with Gasteiger partial charge >= 0.3 is 0 Å². The maximum absolute atomic E-state index is 4.40. The number of likely N-dealkylation sites (N-methyl/N-ethyl adjacent to an activating group) is 2. The molecule has 0 aliphatic carbocycles. The van der Waals surface area contributed by atoms with Crippen molar-refractivity contribution in [1.29, 1.82) is 0 Å². The molecule has 2 heteroatoms. The van der Waals surface area contributed by atoms with E-state index in [0.29, 0.717) is 0 Å². The van der Waals surface area contributed by atoms with Gasteiger partial charge in [-0.1, -0.05) is 91.5 Å². The average molecular weight is 483 g/mol. The lowest BCUT2D eigenvalue weighted by molar-refractivity contribution is -1.16. The molecule has 0 aliphatic rings. The Morgan fingerprint density at radius 3 is 1.22 bits per heavy atom. The largest absolute Gasteiger partial charge is 0.262 e. The van der Waals surface area contributed by atoms with Crippen LogP contribution in [0.15, 0.2) is 110 Å². The van der Waals surface area contributed by atoms with Gasteiger partial charge in [-0.2, -0.15) is 0 Å². The van der Waals surface area contributed by atoms with Crippen LogP contribution in [0, 0.1) is 6.92 Å². The molecular formula is C34H46N2+2. The Labute approximate surface area is 220 Å². The normalized spacial score (nSPS) is 14.6. The number of quaternary nitrogens is 2. The molecule has 0 spiro atoms. The number of aryl methyl sites for hydroxylation is 1. The summed E-state index contributed by atoms with van der Waals surface area (Å²) in [5.74, 6) is 0. The van der Waals surface area contributed by atoms with Gasteiger partial charge in [-0.3, -0.25) is 8.97 Å². The van der Waals surface area contributed by atoms with E-state index in [1.165, 1.54) is 22.3 Å². The molecule has 0 saturated carbocycles. The Morgan fingerprint density at radius 1 is 0.556 bits per heavy atom. The van der Waals surface area contributed by atoms with Crippen LogP contribution >= 0.6 is 0 Å². The van der Waals surface area contributed by atoms with E-state index in [9.17, 15) is 0 Å².